The van der Waals surface area contributed by atoms with Gasteiger partial charge in [-0.05, 0) is 55.0 Å². The van der Waals surface area contributed by atoms with Crippen LogP contribution < -0.4 is 10.6 Å². The van der Waals surface area contributed by atoms with Crippen molar-refractivity contribution in [3.63, 3.8) is 0 Å². The van der Waals surface area contributed by atoms with Gasteiger partial charge in [-0.15, -0.1) is 12.4 Å². The van der Waals surface area contributed by atoms with Crippen LogP contribution in [0, 0.1) is 0 Å². The summed E-state index contributed by atoms with van der Waals surface area (Å²) in [5.41, 5.74) is 1.63. The zero-order chi connectivity index (χ0) is 21.6. The highest BCUT2D eigenvalue weighted by Gasteiger charge is 2.25. The molecular weight excluding hydrogens is 467 g/mol. The zero-order valence-electron chi connectivity index (χ0n) is 17.6. The molecule has 1 fully saturated rings. The monoisotopic (exact) mass is 492 g/mol. The number of anilines is 2. The minimum Gasteiger partial charge on any atom is -0.322 e. The SMILES string of the molecule is Cl.O=C(Nc1ccccc1C(=O)Nc1ccc(Cl)cn1)C1=CCN(C2CCSCC2)CC1. The molecule has 2 N–H and O–H groups in total. The molecule has 0 spiro atoms. The van der Waals surface area contributed by atoms with Crippen LogP contribution in [0.15, 0.2) is 54.2 Å². The Kier molecular flexibility index (Phi) is 8.99. The van der Waals surface area contributed by atoms with Crippen LogP contribution in [0.25, 0.3) is 0 Å². The molecule has 1 aromatic carbocycles. The van der Waals surface area contributed by atoms with Crippen molar-refractivity contribution in [1.82, 2.24) is 9.88 Å². The van der Waals surface area contributed by atoms with E-state index in [9.17, 15) is 9.59 Å². The van der Waals surface area contributed by atoms with Gasteiger partial charge in [0, 0.05) is 30.9 Å². The molecule has 0 atom stereocenters. The molecule has 0 bridgehead atoms. The van der Waals surface area contributed by atoms with Gasteiger partial charge in [-0.2, -0.15) is 11.8 Å². The van der Waals surface area contributed by atoms with E-state index in [0.717, 1.165) is 25.1 Å². The topological polar surface area (TPSA) is 74.3 Å². The third-order valence-corrected chi connectivity index (χ3v) is 6.90. The molecule has 32 heavy (non-hydrogen) atoms. The summed E-state index contributed by atoms with van der Waals surface area (Å²) in [5.74, 6) is 2.35. The lowest BCUT2D eigenvalue weighted by Crippen LogP contribution is -2.41. The van der Waals surface area contributed by atoms with Crippen LogP contribution in [0.1, 0.15) is 29.6 Å². The highest BCUT2D eigenvalue weighted by molar-refractivity contribution is 7.99. The number of hydrogen-bond acceptors (Lipinski definition) is 5. The quantitative estimate of drug-likeness (QED) is 0.622. The van der Waals surface area contributed by atoms with Crippen LogP contribution in [0.2, 0.25) is 5.02 Å². The van der Waals surface area contributed by atoms with Gasteiger partial charge in [0.25, 0.3) is 11.8 Å². The predicted molar refractivity (Wildman–Crippen MR) is 134 cm³/mol. The molecule has 0 unspecified atom stereocenters. The van der Waals surface area contributed by atoms with Crippen LogP contribution in [0.5, 0.6) is 0 Å². The second kappa shape index (κ2) is 11.7. The van der Waals surface area contributed by atoms with Gasteiger partial charge in [0.2, 0.25) is 0 Å². The Morgan fingerprint density at radius 3 is 2.53 bits per heavy atom. The van der Waals surface area contributed by atoms with E-state index in [1.54, 1.807) is 36.4 Å². The number of para-hydroxylation sites is 1. The van der Waals surface area contributed by atoms with Gasteiger partial charge in [-0.1, -0.05) is 29.8 Å². The van der Waals surface area contributed by atoms with Crippen molar-refractivity contribution in [2.45, 2.75) is 25.3 Å². The molecule has 2 aliphatic rings. The fourth-order valence-corrected chi connectivity index (χ4v) is 5.09. The summed E-state index contributed by atoms with van der Waals surface area (Å²) < 4.78 is 0. The summed E-state index contributed by atoms with van der Waals surface area (Å²) in [6.45, 7) is 1.71. The molecule has 2 amide bonds. The Hall–Kier alpha value is -2.06. The fourth-order valence-electron chi connectivity index (χ4n) is 3.90. The van der Waals surface area contributed by atoms with Gasteiger partial charge in [0.1, 0.15) is 5.82 Å². The molecule has 170 valence electrons. The number of amides is 2. The summed E-state index contributed by atoms with van der Waals surface area (Å²) in [7, 11) is 0. The lowest BCUT2D eigenvalue weighted by Gasteiger charge is -2.35. The van der Waals surface area contributed by atoms with Gasteiger partial charge in [-0.3, -0.25) is 14.5 Å². The second-order valence-corrected chi connectivity index (χ2v) is 9.29. The number of nitrogens with one attached hydrogen (secondary N) is 2. The molecule has 0 saturated carbocycles. The van der Waals surface area contributed by atoms with E-state index in [1.807, 2.05) is 17.8 Å². The van der Waals surface area contributed by atoms with Gasteiger partial charge in [-0.25, -0.2) is 4.98 Å². The van der Waals surface area contributed by atoms with Crippen LogP contribution >= 0.6 is 35.8 Å². The third kappa shape index (κ3) is 6.25. The Labute approximate surface area is 203 Å². The lowest BCUT2D eigenvalue weighted by molar-refractivity contribution is -0.113. The first kappa shape index (κ1) is 24.6. The van der Waals surface area contributed by atoms with E-state index in [4.69, 9.17) is 11.6 Å². The molecule has 3 heterocycles. The molecule has 0 aliphatic carbocycles. The van der Waals surface area contributed by atoms with E-state index in [1.165, 1.54) is 30.5 Å². The molecule has 1 saturated heterocycles. The van der Waals surface area contributed by atoms with Gasteiger partial charge >= 0.3 is 0 Å². The van der Waals surface area contributed by atoms with Gasteiger partial charge in [0.15, 0.2) is 0 Å². The van der Waals surface area contributed by atoms with Crippen LogP contribution in [-0.2, 0) is 4.79 Å². The third-order valence-electron chi connectivity index (χ3n) is 5.63. The molecule has 6 nitrogen and oxygen atoms in total. The normalized spacial score (nSPS) is 17.1. The zero-order valence-corrected chi connectivity index (χ0v) is 19.9. The summed E-state index contributed by atoms with van der Waals surface area (Å²) in [5, 5.41) is 6.15. The molecule has 0 radical (unpaired) electrons. The Morgan fingerprint density at radius 2 is 1.84 bits per heavy atom. The average Bonchev–Trinajstić information content (AvgIpc) is 2.81. The van der Waals surface area contributed by atoms with E-state index in [0.29, 0.717) is 28.1 Å². The number of thioether (sulfide) groups is 1. The molecule has 9 heteroatoms. The van der Waals surface area contributed by atoms with E-state index in [2.05, 4.69) is 20.5 Å². The number of nitrogens with zero attached hydrogens (tertiary/aromatic N) is 2. The smallest absolute Gasteiger partial charge is 0.258 e. The Balaban J connectivity index is 0.00000289. The number of aromatic nitrogens is 1. The summed E-state index contributed by atoms with van der Waals surface area (Å²) >= 11 is 7.87. The number of rotatable bonds is 5. The average molecular weight is 493 g/mol. The summed E-state index contributed by atoms with van der Waals surface area (Å²) in [6.07, 6.45) is 6.67. The van der Waals surface area contributed by atoms with Crippen LogP contribution in [-0.4, -0.2) is 52.3 Å². The maximum atomic E-state index is 12.9. The van der Waals surface area contributed by atoms with E-state index < -0.39 is 0 Å². The summed E-state index contributed by atoms with van der Waals surface area (Å²) in [6, 6.07) is 10.9. The van der Waals surface area contributed by atoms with Crippen molar-refractivity contribution >= 4 is 59.1 Å². The maximum Gasteiger partial charge on any atom is 0.258 e. The number of carbonyl (C=O) groups excluding carboxylic acids is 2. The lowest BCUT2D eigenvalue weighted by atomic mass is 10.0. The van der Waals surface area contributed by atoms with Crippen molar-refractivity contribution in [3.8, 4) is 0 Å². The van der Waals surface area contributed by atoms with Crippen molar-refractivity contribution in [2.75, 3.05) is 35.2 Å². The minimum atomic E-state index is -0.343. The maximum absolute atomic E-state index is 12.9. The van der Waals surface area contributed by atoms with Gasteiger partial charge in [0.05, 0.1) is 16.3 Å². The largest absolute Gasteiger partial charge is 0.322 e. The van der Waals surface area contributed by atoms with Crippen LogP contribution in [0.3, 0.4) is 0 Å². The number of hydrogen-bond donors (Lipinski definition) is 2. The standard InChI is InChI=1S/C23H25ClN4O2S.ClH/c24-17-5-6-21(25-15-17)27-23(30)19-3-1-2-4-20(19)26-22(29)16-7-11-28(12-8-16)18-9-13-31-14-10-18;/h1-7,15,18H,8-14H2,(H,26,29)(H,25,27,30);1H. The predicted octanol–water partition coefficient (Wildman–Crippen LogP) is 4.88. The van der Waals surface area contributed by atoms with Crippen LogP contribution in [0.4, 0.5) is 11.5 Å². The van der Waals surface area contributed by atoms with Crippen molar-refractivity contribution in [1.29, 1.82) is 0 Å². The van der Waals surface area contributed by atoms with Gasteiger partial charge < -0.3 is 10.6 Å². The highest BCUT2D eigenvalue weighted by Crippen LogP contribution is 2.25. The molecule has 2 aliphatic heterocycles. The minimum absolute atomic E-state index is 0. The van der Waals surface area contributed by atoms with Crippen molar-refractivity contribution in [2.24, 2.45) is 0 Å². The number of carbonyl (C=O) groups is 2. The number of pyridine rings is 1. The van der Waals surface area contributed by atoms with E-state index in [-0.39, 0.29) is 24.2 Å². The van der Waals surface area contributed by atoms with E-state index >= 15 is 0 Å². The number of benzene rings is 1. The molecule has 2 aromatic rings. The van der Waals surface area contributed by atoms with Crippen molar-refractivity contribution < 1.29 is 9.59 Å². The molecule has 1 aromatic heterocycles. The van der Waals surface area contributed by atoms with Crippen molar-refractivity contribution in [3.05, 3.63) is 64.8 Å². The Morgan fingerprint density at radius 1 is 1.06 bits per heavy atom. The second-order valence-electron chi connectivity index (χ2n) is 7.63. The first-order chi connectivity index (χ1) is 15.1. The first-order valence-electron chi connectivity index (χ1n) is 10.4. The molecular formula is C23H26Cl2N4O2S. The summed E-state index contributed by atoms with van der Waals surface area (Å²) in [4.78, 5) is 32.2. The molecule has 4 rings (SSSR count). The fraction of sp³-hybridized carbons (Fsp3) is 0.348. The number of halogens is 2. The Bertz CT molecular complexity index is 978. The highest BCUT2D eigenvalue weighted by atomic mass is 35.5. The first-order valence-corrected chi connectivity index (χ1v) is 12.0.